The molecule has 20 heteroatoms. The Bertz CT molecular complexity index is 2580. The fourth-order valence-corrected chi connectivity index (χ4v) is 6.93. The zero-order valence-electron chi connectivity index (χ0n) is 36.4. The molecule has 4 aromatic carbocycles. The predicted molar refractivity (Wildman–Crippen MR) is 234 cm³/mol. The van der Waals surface area contributed by atoms with Gasteiger partial charge in [0.15, 0.2) is 0 Å². The minimum Gasteiger partial charge on any atom is -0.496 e. The number of nitrogens with two attached hydrogens (primary N) is 2. The van der Waals surface area contributed by atoms with E-state index < -0.39 is 28.6 Å². The SMILES string of the molecule is COc1cc(N)ccc1C(=O)O.COc1cc([N+](=O)[O-])ccc1C(=O)O.COc1cc2c(cc1C(=O)N1C[C@H](C)N(Cc3ccc(F)cc3)C[C@H]1C)c(C(=O)C(=O)N(C)C)c(C)n2N. The number of ketones is 1. The molecule has 6 rings (SSSR count). The van der Waals surface area contributed by atoms with Gasteiger partial charge in [0.1, 0.15) is 34.2 Å². The van der Waals surface area contributed by atoms with E-state index in [0.717, 1.165) is 23.8 Å². The summed E-state index contributed by atoms with van der Waals surface area (Å²) in [5.74, 6) is 2.75. The van der Waals surface area contributed by atoms with Gasteiger partial charge in [0.05, 0.1) is 49.0 Å². The number of benzene rings is 4. The summed E-state index contributed by atoms with van der Waals surface area (Å²) >= 11 is 0. The van der Waals surface area contributed by atoms with E-state index in [-0.39, 0.29) is 57.7 Å². The summed E-state index contributed by atoms with van der Waals surface area (Å²) in [6.07, 6.45) is 0. The van der Waals surface area contributed by atoms with Gasteiger partial charge in [-0.1, -0.05) is 12.1 Å². The van der Waals surface area contributed by atoms with Crippen molar-refractivity contribution < 1.29 is 57.7 Å². The standard InChI is InChI=1S/C28H34FN5O4.C8H7NO5.C8H9NO3/c1-16-14-33(17(2)13-32(16)15-19-7-9-20(29)10-8-19)27(36)22-11-21-23(12-24(22)38-6)34(30)18(3)25(21)26(35)28(37)31(4)5;1-14-7-4-5(9(12)13)2-3-6(7)8(10)11;1-12-7-4-5(9)2-3-6(7)8(10)11/h7-12,16-17H,13-15,30H2,1-6H3;2-4H,1H3,(H,10,11);2-4H,9H2,1H3,(H,10,11)/t16-,17+;;/m0../s1. The van der Waals surface area contributed by atoms with Crippen LogP contribution in [0.25, 0.3) is 10.9 Å². The first-order valence-corrected chi connectivity index (χ1v) is 19.4. The lowest BCUT2D eigenvalue weighted by Gasteiger charge is -2.44. The van der Waals surface area contributed by atoms with Crippen LogP contribution in [-0.4, -0.2) is 125 Å². The number of likely N-dealkylation sites (N-methyl/N-ethyl adjacent to an activating group) is 1. The van der Waals surface area contributed by atoms with E-state index >= 15 is 0 Å². The van der Waals surface area contributed by atoms with Crippen molar-refractivity contribution in [3.05, 3.63) is 122 Å². The molecule has 2 heterocycles. The molecule has 0 saturated carbocycles. The molecule has 0 spiro atoms. The highest BCUT2D eigenvalue weighted by molar-refractivity contribution is 6.45. The van der Waals surface area contributed by atoms with Crippen molar-refractivity contribution >= 4 is 51.8 Å². The lowest BCUT2D eigenvalue weighted by molar-refractivity contribution is -0.384. The van der Waals surface area contributed by atoms with Crippen molar-refractivity contribution in [2.24, 2.45) is 0 Å². The molecular formula is C44H50FN7O12. The van der Waals surface area contributed by atoms with Crippen LogP contribution in [0.5, 0.6) is 17.2 Å². The van der Waals surface area contributed by atoms with Gasteiger partial charge in [-0.05, 0) is 62.7 Å². The second-order valence-corrected chi connectivity index (χ2v) is 14.9. The highest BCUT2D eigenvalue weighted by Crippen LogP contribution is 2.34. The molecular weight excluding hydrogens is 838 g/mol. The molecule has 0 unspecified atom stereocenters. The maximum atomic E-state index is 13.9. The average molecular weight is 888 g/mol. The molecule has 1 aliphatic rings. The molecule has 340 valence electrons. The summed E-state index contributed by atoms with van der Waals surface area (Å²) < 4.78 is 29.8. The van der Waals surface area contributed by atoms with Gasteiger partial charge in [0, 0.05) is 80.8 Å². The van der Waals surface area contributed by atoms with Crippen molar-refractivity contribution in [3.8, 4) is 17.2 Å². The first kappa shape index (κ1) is 48.9. The lowest BCUT2D eigenvalue weighted by Crippen LogP contribution is -2.57. The van der Waals surface area contributed by atoms with E-state index in [4.69, 9.17) is 36.0 Å². The molecule has 1 aromatic heterocycles. The number of amides is 2. The van der Waals surface area contributed by atoms with Crippen molar-refractivity contribution in [2.45, 2.75) is 39.4 Å². The monoisotopic (exact) mass is 887 g/mol. The van der Waals surface area contributed by atoms with Crippen LogP contribution in [0.1, 0.15) is 66.5 Å². The highest BCUT2D eigenvalue weighted by Gasteiger charge is 2.35. The van der Waals surface area contributed by atoms with Gasteiger partial charge in [-0.25, -0.2) is 14.0 Å². The number of hydrogen-bond acceptors (Lipinski definition) is 13. The minimum atomic E-state index is -1.18. The molecule has 1 aliphatic heterocycles. The third-order valence-corrected chi connectivity index (χ3v) is 10.4. The Labute approximate surface area is 367 Å². The van der Waals surface area contributed by atoms with Crippen LogP contribution in [-0.2, 0) is 11.3 Å². The first-order chi connectivity index (χ1) is 30.1. The number of rotatable bonds is 11. The van der Waals surface area contributed by atoms with Gasteiger partial charge in [-0.2, -0.15) is 0 Å². The van der Waals surface area contributed by atoms with Gasteiger partial charge >= 0.3 is 11.9 Å². The number of anilines is 1. The molecule has 0 bridgehead atoms. The topological polar surface area (TPSA) is 263 Å². The molecule has 0 radical (unpaired) electrons. The minimum absolute atomic E-state index is 0.0216. The Morgan fingerprint density at radius 3 is 1.89 bits per heavy atom. The number of carboxylic acid groups (broad SMARTS) is 2. The number of fused-ring (bicyclic) bond motifs is 1. The number of carbonyl (C=O) groups excluding carboxylic acids is 3. The van der Waals surface area contributed by atoms with Gasteiger partial charge in [-0.3, -0.25) is 34.1 Å². The number of nitrogens with zero attached hydrogens (tertiary/aromatic N) is 5. The third-order valence-electron chi connectivity index (χ3n) is 10.4. The predicted octanol–water partition coefficient (Wildman–Crippen LogP) is 5.09. The van der Waals surface area contributed by atoms with Crippen LogP contribution < -0.4 is 25.8 Å². The summed E-state index contributed by atoms with van der Waals surface area (Å²) in [6, 6.07) is 17.4. The maximum absolute atomic E-state index is 13.9. The van der Waals surface area contributed by atoms with Crippen LogP contribution in [0.3, 0.4) is 0 Å². The lowest BCUT2D eigenvalue weighted by atomic mass is 10.0. The van der Waals surface area contributed by atoms with E-state index in [1.54, 1.807) is 36.1 Å². The van der Waals surface area contributed by atoms with Gasteiger partial charge < -0.3 is 45.8 Å². The van der Waals surface area contributed by atoms with Crippen molar-refractivity contribution in [1.82, 2.24) is 19.4 Å². The van der Waals surface area contributed by atoms with Crippen molar-refractivity contribution in [2.75, 3.05) is 60.1 Å². The Hall–Kier alpha value is -7.74. The van der Waals surface area contributed by atoms with Gasteiger partial charge in [0.2, 0.25) is 0 Å². The van der Waals surface area contributed by atoms with Gasteiger partial charge in [0.25, 0.3) is 23.3 Å². The third kappa shape index (κ3) is 11.0. The number of halogens is 1. The summed E-state index contributed by atoms with van der Waals surface area (Å²) in [4.78, 5) is 75.6. The number of carboxylic acids is 2. The van der Waals surface area contributed by atoms with E-state index in [9.17, 15) is 38.5 Å². The molecule has 19 nitrogen and oxygen atoms in total. The normalized spacial score (nSPS) is 14.5. The Morgan fingerprint density at radius 2 is 1.36 bits per heavy atom. The Balaban J connectivity index is 0.000000280. The van der Waals surface area contributed by atoms with E-state index in [1.165, 1.54) is 75.3 Å². The summed E-state index contributed by atoms with van der Waals surface area (Å²) in [7, 11) is 7.15. The van der Waals surface area contributed by atoms with E-state index in [2.05, 4.69) is 11.8 Å². The molecule has 1 fully saturated rings. The molecule has 2 atom stereocenters. The zero-order chi connectivity index (χ0) is 47.7. The molecule has 0 aliphatic carbocycles. The smallest absolute Gasteiger partial charge is 0.339 e. The summed E-state index contributed by atoms with van der Waals surface area (Å²) in [6.45, 7) is 7.46. The Kier molecular flexibility index (Phi) is 16.0. The molecule has 64 heavy (non-hydrogen) atoms. The highest BCUT2D eigenvalue weighted by atomic mass is 19.1. The number of piperazine rings is 1. The molecule has 2 amide bonds. The summed E-state index contributed by atoms with van der Waals surface area (Å²) in [5.41, 5.74) is 8.10. The quantitative estimate of drug-likeness (QED) is 0.0336. The summed E-state index contributed by atoms with van der Waals surface area (Å²) in [5, 5.41) is 28.1. The van der Waals surface area contributed by atoms with E-state index in [1.807, 2.05) is 6.92 Å². The number of hydrogen-bond donors (Lipinski definition) is 4. The van der Waals surface area contributed by atoms with E-state index in [0.29, 0.717) is 53.2 Å². The first-order valence-electron chi connectivity index (χ1n) is 19.4. The number of nitrogen functional groups attached to an aromatic ring is 2. The largest absolute Gasteiger partial charge is 0.496 e. The maximum Gasteiger partial charge on any atom is 0.339 e. The van der Waals surface area contributed by atoms with Crippen LogP contribution in [0.2, 0.25) is 0 Å². The van der Waals surface area contributed by atoms with Crippen LogP contribution in [0, 0.1) is 22.9 Å². The second-order valence-electron chi connectivity index (χ2n) is 14.9. The fourth-order valence-electron chi connectivity index (χ4n) is 6.93. The number of methoxy groups -OCH3 is 3. The van der Waals surface area contributed by atoms with Crippen molar-refractivity contribution in [1.29, 1.82) is 0 Å². The number of aromatic nitrogens is 1. The number of non-ortho nitro benzene ring substituents is 1. The molecule has 6 N–H and O–H groups in total. The van der Waals surface area contributed by atoms with Crippen LogP contribution in [0.4, 0.5) is 15.8 Å². The molecule has 1 saturated heterocycles. The number of nitro groups is 1. The number of nitro benzene ring substituents is 1. The number of aromatic carboxylic acids is 2. The zero-order valence-corrected chi connectivity index (χ0v) is 36.4. The number of Topliss-reactive ketones (excluding diaryl/α,β-unsaturated/α-hetero) is 1. The fraction of sp³-hybridized carbons (Fsp3) is 0.295. The second kappa shape index (κ2) is 20.9. The Morgan fingerprint density at radius 1 is 0.812 bits per heavy atom. The average Bonchev–Trinajstić information content (AvgIpc) is 3.51. The van der Waals surface area contributed by atoms with Crippen LogP contribution in [0.15, 0.2) is 72.8 Å². The number of ether oxygens (including phenoxy) is 3. The molecule has 5 aromatic rings. The van der Waals surface area contributed by atoms with Crippen molar-refractivity contribution in [3.63, 3.8) is 0 Å². The number of carbonyl (C=O) groups is 5. The van der Waals surface area contributed by atoms with Crippen LogP contribution >= 0.6 is 0 Å². The van der Waals surface area contributed by atoms with Gasteiger partial charge in [-0.15, -0.1) is 0 Å².